The molecule has 4 heteroatoms. The Bertz CT molecular complexity index is 447. The van der Waals surface area contributed by atoms with Crippen molar-refractivity contribution in [1.82, 2.24) is 10.2 Å². The molecule has 2 rings (SSSR count). The lowest BCUT2D eigenvalue weighted by Crippen LogP contribution is -2.49. The van der Waals surface area contributed by atoms with Crippen molar-refractivity contribution in [3.63, 3.8) is 0 Å². The Kier molecular flexibility index (Phi) is 4.91. The van der Waals surface area contributed by atoms with E-state index in [9.17, 15) is 4.79 Å². The molecule has 102 valence electrons. The van der Waals surface area contributed by atoms with Gasteiger partial charge in [0.05, 0.1) is 0 Å². The second-order valence-electron chi connectivity index (χ2n) is 4.88. The molecule has 1 heterocycles. The minimum Gasteiger partial charge on any atom is -0.346 e. The van der Waals surface area contributed by atoms with Gasteiger partial charge in [0.2, 0.25) is 0 Å². The molecule has 1 N–H and O–H groups in total. The van der Waals surface area contributed by atoms with Gasteiger partial charge in [-0.3, -0.25) is 10.1 Å². The smallest absolute Gasteiger partial charge is 0.257 e. The number of carbonyl (C=O) groups is 1. The highest BCUT2D eigenvalue weighted by Gasteiger charge is 2.23. The highest BCUT2D eigenvalue weighted by Crippen LogP contribution is 2.19. The van der Waals surface area contributed by atoms with Crippen LogP contribution < -0.4 is 5.32 Å². The summed E-state index contributed by atoms with van der Waals surface area (Å²) in [6, 6.07) is 9.67. The molecular weight excluding hydrogens is 256 g/mol. The third kappa shape index (κ3) is 3.53. The first kappa shape index (κ1) is 14.0. The molecule has 1 aromatic rings. The van der Waals surface area contributed by atoms with Crippen molar-refractivity contribution in [3.05, 3.63) is 35.9 Å². The topological polar surface area (TPSA) is 32.3 Å². The summed E-state index contributed by atoms with van der Waals surface area (Å²) in [5, 5.41) is 3.42. The maximum Gasteiger partial charge on any atom is 0.257 e. The average molecular weight is 276 g/mol. The van der Waals surface area contributed by atoms with Gasteiger partial charge in [-0.25, -0.2) is 0 Å². The zero-order chi connectivity index (χ0) is 13.7. The zero-order valence-corrected chi connectivity index (χ0v) is 12.1. The highest BCUT2D eigenvalue weighted by molar-refractivity contribution is 7.80. The van der Waals surface area contributed by atoms with Crippen LogP contribution >= 0.6 is 12.2 Å². The maximum absolute atomic E-state index is 12.1. The highest BCUT2D eigenvalue weighted by atomic mass is 32.1. The van der Waals surface area contributed by atoms with E-state index in [0.717, 1.165) is 25.8 Å². The van der Waals surface area contributed by atoms with Crippen molar-refractivity contribution in [1.29, 1.82) is 0 Å². The second-order valence-corrected chi connectivity index (χ2v) is 5.26. The Morgan fingerprint density at radius 1 is 1.37 bits per heavy atom. The van der Waals surface area contributed by atoms with Crippen LogP contribution in [-0.2, 0) is 0 Å². The zero-order valence-electron chi connectivity index (χ0n) is 11.3. The van der Waals surface area contributed by atoms with Gasteiger partial charge in [-0.05, 0) is 50.0 Å². The van der Waals surface area contributed by atoms with Gasteiger partial charge in [0.1, 0.15) is 0 Å². The molecule has 1 atom stereocenters. The summed E-state index contributed by atoms with van der Waals surface area (Å²) >= 11 is 5.39. The molecule has 1 aliphatic rings. The fourth-order valence-corrected chi connectivity index (χ4v) is 2.86. The SMILES string of the molecule is CC[C@H]1CCCCN1C(=S)NC(=O)c1ccccc1. The monoisotopic (exact) mass is 276 g/mol. The van der Waals surface area contributed by atoms with Crippen molar-refractivity contribution < 1.29 is 4.79 Å². The van der Waals surface area contributed by atoms with Crippen LogP contribution in [0.4, 0.5) is 0 Å². The number of thiocarbonyl (C=S) groups is 1. The van der Waals surface area contributed by atoms with Gasteiger partial charge in [0.15, 0.2) is 5.11 Å². The van der Waals surface area contributed by atoms with Crippen molar-refractivity contribution in [3.8, 4) is 0 Å². The predicted octanol–water partition coefficient (Wildman–Crippen LogP) is 2.97. The Morgan fingerprint density at radius 2 is 2.11 bits per heavy atom. The molecule has 0 bridgehead atoms. The van der Waals surface area contributed by atoms with Gasteiger partial charge >= 0.3 is 0 Å². The summed E-state index contributed by atoms with van der Waals surface area (Å²) in [5.74, 6) is -0.119. The first-order chi connectivity index (χ1) is 9.22. The first-order valence-corrected chi connectivity index (χ1v) is 7.30. The quantitative estimate of drug-likeness (QED) is 0.843. The number of rotatable bonds is 2. The van der Waals surface area contributed by atoms with Crippen molar-refractivity contribution in [2.45, 2.75) is 38.6 Å². The number of amides is 1. The van der Waals surface area contributed by atoms with Crippen LogP contribution in [0.15, 0.2) is 30.3 Å². The summed E-state index contributed by atoms with van der Waals surface area (Å²) in [4.78, 5) is 14.2. The Labute approximate surface area is 120 Å². The Morgan fingerprint density at radius 3 is 2.79 bits per heavy atom. The molecule has 1 fully saturated rings. The van der Waals surface area contributed by atoms with E-state index in [-0.39, 0.29) is 5.91 Å². The minimum absolute atomic E-state index is 0.119. The number of hydrogen-bond donors (Lipinski definition) is 1. The summed E-state index contributed by atoms with van der Waals surface area (Å²) in [5.41, 5.74) is 0.648. The lowest BCUT2D eigenvalue weighted by molar-refractivity contribution is 0.0969. The van der Waals surface area contributed by atoms with E-state index in [0.29, 0.717) is 16.7 Å². The lowest BCUT2D eigenvalue weighted by atomic mass is 10.0. The average Bonchev–Trinajstić information content (AvgIpc) is 2.48. The molecule has 0 aliphatic carbocycles. The third-order valence-corrected chi connectivity index (χ3v) is 3.95. The fourth-order valence-electron chi connectivity index (χ4n) is 2.52. The standard InChI is InChI=1S/C15H20N2OS/c1-2-13-10-6-7-11-17(13)15(19)16-14(18)12-8-4-3-5-9-12/h3-5,8-9,13H,2,6-7,10-11H2,1H3,(H,16,18,19)/t13-/m0/s1. The van der Waals surface area contributed by atoms with Gasteiger partial charge in [0, 0.05) is 18.2 Å². The molecular formula is C15H20N2OS. The van der Waals surface area contributed by atoms with E-state index in [1.54, 1.807) is 12.1 Å². The van der Waals surface area contributed by atoms with E-state index in [1.165, 1.54) is 6.42 Å². The lowest BCUT2D eigenvalue weighted by Gasteiger charge is -2.37. The second kappa shape index (κ2) is 6.66. The van der Waals surface area contributed by atoms with Crippen LogP contribution in [0.25, 0.3) is 0 Å². The number of carbonyl (C=O) groups excluding carboxylic acids is 1. The molecule has 1 aliphatic heterocycles. The first-order valence-electron chi connectivity index (χ1n) is 6.89. The summed E-state index contributed by atoms with van der Waals surface area (Å²) in [6.07, 6.45) is 4.64. The molecule has 3 nitrogen and oxygen atoms in total. The van der Waals surface area contributed by atoms with E-state index < -0.39 is 0 Å². The van der Waals surface area contributed by atoms with Crippen molar-refractivity contribution >= 4 is 23.2 Å². The minimum atomic E-state index is -0.119. The van der Waals surface area contributed by atoms with E-state index in [1.807, 2.05) is 18.2 Å². The molecule has 0 spiro atoms. The van der Waals surface area contributed by atoms with Crippen LogP contribution in [0.1, 0.15) is 43.0 Å². The summed E-state index contributed by atoms with van der Waals surface area (Å²) in [6.45, 7) is 3.12. The number of benzene rings is 1. The number of piperidine rings is 1. The summed E-state index contributed by atoms with van der Waals surface area (Å²) < 4.78 is 0. The van der Waals surface area contributed by atoms with Gasteiger partial charge in [0.25, 0.3) is 5.91 Å². The van der Waals surface area contributed by atoms with Crippen LogP contribution in [-0.4, -0.2) is 28.5 Å². The van der Waals surface area contributed by atoms with E-state index >= 15 is 0 Å². The molecule has 1 aromatic carbocycles. The normalized spacial score (nSPS) is 19.0. The third-order valence-electron chi connectivity index (χ3n) is 3.62. The van der Waals surface area contributed by atoms with Crippen LogP contribution in [0.5, 0.6) is 0 Å². The molecule has 0 unspecified atom stereocenters. The van der Waals surface area contributed by atoms with E-state index in [2.05, 4.69) is 17.1 Å². The van der Waals surface area contributed by atoms with Crippen LogP contribution in [0, 0.1) is 0 Å². The van der Waals surface area contributed by atoms with Gasteiger partial charge in [-0.1, -0.05) is 25.1 Å². The molecule has 0 radical (unpaired) electrons. The number of likely N-dealkylation sites (tertiary alicyclic amines) is 1. The Hall–Kier alpha value is -1.42. The van der Waals surface area contributed by atoms with Crippen molar-refractivity contribution in [2.24, 2.45) is 0 Å². The molecule has 0 aromatic heterocycles. The molecule has 0 saturated carbocycles. The molecule has 1 saturated heterocycles. The molecule has 1 amide bonds. The fraction of sp³-hybridized carbons (Fsp3) is 0.467. The number of nitrogens with one attached hydrogen (secondary N) is 1. The van der Waals surface area contributed by atoms with Crippen LogP contribution in [0.2, 0.25) is 0 Å². The number of hydrogen-bond acceptors (Lipinski definition) is 2. The predicted molar refractivity (Wildman–Crippen MR) is 81.1 cm³/mol. The largest absolute Gasteiger partial charge is 0.346 e. The summed E-state index contributed by atoms with van der Waals surface area (Å²) in [7, 11) is 0. The maximum atomic E-state index is 12.1. The number of nitrogens with zero attached hydrogens (tertiary/aromatic N) is 1. The van der Waals surface area contributed by atoms with Crippen molar-refractivity contribution in [2.75, 3.05) is 6.54 Å². The van der Waals surface area contributed by atoms with Gasteiger partial charge in [-0.2, -0.15) is 0 Å². The Balaban J connectivity index is 1.98. The van der Waals surface area contributed by atoms with E-state index in [4.69, 9.17) is 12.2 Å². The van der Waals surface area contributed by atoms with Gasteiger partial charge < -0.3 is 4.90 Å². The molecule has 19 heavy (non-hydrogen) atoms. The van der Waals surface area contributed by atoms with Gasteiger partial charge in [-0.15, -0.1) is 0 Å². The van der Waals surface area contributed by atoms with Crippen LogP contribution in [0.3, 0.4) is 0 Å².